The zero-order chi connectivity index (χ0) is 9.84. The van der Waals surface area contributed by atoms with Gasteiger partial charge in [0.05, 0.1) is 6.04 Å². The fraction of sp³-hybridized carbons (Fsp3) is 0.750. The number of nitrogens with one attached hydrogen (secondary N) is 1. The first-order valence-electron chi connectivity index (χ1n) is 4.43. The maximum atomic E-state index is 7.34. The normalized spacial score (nSPS) is 21.0. The molecule has 6 heteroatoms. The van der Waals surface area contributed by atoms with Crippen molar-refractivity contribution in [2.24, 2.45) is 10.8 Å². The summed E-state index contributed by atoms with van der Waals surface area (Å²) in [6.45, 7) is 0.874. The van der Waals surface area contributed by atoms with Gasteiger partial charge in [-0.15, -0.1) is 12.4 Å². The molecule has 0 spiro atoms. The highest BCUT2D eigenvalue weighted by Crippen LogP contribution is 2.14. The maximum absolute atomic E-state index is 7.34. The first-order chi connectivity index (χ1) is 6.11. The van der Waals surface area contributed by atoms with E-state index in [1.54, 1.807) is 5.01 Å². The molecule has 1 heterocycles. The fourth-order valence-corrected chi connectivity index (χ4v) is 1.46. The fourth-order valence-electron chi connectivity index (χ4n) is 1.46. The summed E-state index contributed by atoms with van der Waals surface area (Å²) in [6, 6.07) is 0.208. The molecule has 82 valence electrons. The van der Waals surface area contributed by atoms with Gasteiger partial charge in [0.15, 0.2) is 5.96 Å². The number of guanidine groups is 1. The van der Waals surface area contributed by atoms with Crippen molar-refractivity contribution in [3.05, 3.63) is 0 Å². The van der Waals surface area contributed by atoms with Crippen LogP contribution >= 0.6 is 12.4 Å². The van der Waals surface area contributed by atoms with Crippen LogP contribution in [-0.4, -0.2) is 48.8 Å². The highest BCUT2D eigenvalue weighted by atomic mass is 35.5. The monoisotopic (exact) mass is 219 g/mol. The van der Waals surface area contributed by atoms with Gasteiger partial charge < -0.3 is 15.6 Å². The van der Waals surface area contributed by atoms with Gasteiger partial charge in [0.1, 0.15) is 0 Å². The summed E-state index contributed by atoms with van der Waals surface area (Å²) in [5.74, 6) is 0.146. The highest BCUT2D eigenvalue weighted by molar-refractivity contribution is 5.85. The number of hydrazone groups is 1. The molecule has 1 fully saturated rings. The van der Waals surface area contributed by atoms with Crippen molar-refractivity contribution < 1.29 is 0 Å². The van der Waals surface area contributed by atoms with Crippen LogP contribution in [0.2, 0.25) is 0 Å². The van der Waals surface area contributed by atoms with Crippen molar-refractivity contribution in [3.8, 4) is 0 Å². The van der Waals surface area contributed by atoms with E-state index in [0.29, 0.717) is 0 Å². The first kappa shape index (κ1) is 13.0. The molecule has 0 aromatic carbocycles. The Labute approximate surface area is 90.9 Å². The largest absolute Gasteiger partial charge is 0.370 e. The van der Waals surface area contributed by atoms with E-state index in [1.807, 2.05) is 25.2 Å². The van der Waals surface area contributed by atoms with Crippen LogP contribution in [-0.2, 0) is 0 Å². The Morgan fingerprint density at radius 2 is 2.29 bits per heavy atom. The summed E-state index contributed by atoms with van der Waals surface area (Å²) in [4.78, 5) is 1.87. The third-order valence-corrected chi connectivity index (χ3v) is 2.08. The van der Waals surface area contributed by atoms with Crippen LogP contribution in [0.25, 0.3) is 0 Å². The average Bonchev–Trinajstić information content (AvgIpc) is 2.47. The van der Waals surface area contributed by atoms with Gasteiger partial charge in [0, 0.05) is 26.9 Å². The number of nitrogens with zero attached hydrogens (tertiary/aromatic N) is 3. The molecule has 1 aliphatic rings. The van der Waals surface area contributed by atoms with E-state index in [9.17, 15) is 0 Å². The summed E-state index contributed by atoms with van der Waals surface area (Å²) >= 11 is 0. The van der Waals surface area contributed by atoms with Crippen molar-refractivity contribution >= 4 is 24.6 Å². The van der Waals surface area contributed by atoms with E-state index < -0.39 is 0 Å². The Morgan fingerprint density at radius 1 is 1.64 bits per heavy atom. The molecule has 1 aliphatic heterocycles. The molecule has 1 unspecified atom stereocenters. The number of hydrogen-bond acceptors (Lipinski definition) is 3. The van der Waals surface area contributed by atoms with Crippen LogP contribution < -0.4 is 5.73 Å². The lowest BCUT2D eigenvalue weighted by Gasteiger charge is -2.21. The lowest BCUT2D eigenvalue weighted by atomic mass is 10.2. The second-order valence-electron chi connectivity index (χ2n) is 3.40. The number of likely N-dealkylation sites (tertiary alicyclic amines) is 1. The molecule has 0 aromatic heterocycles. The quantitative estimate of drug-likeness (QED) is 0.399. The minimum Gasteiger partial charge on any atom is -0.370 e. The van der Waals surface area contributed by atoms with Crippen LogP contribution in [0.3, 0.4) is 0 Å². The molecular weight excluding hydrogens is 202 g/mol. The Bertz CT molecular complexity index is 216. The van der Waals surface area contributed by atoms with Crippen molar-refractivity contribution in [2.45, 2.75) is 18.9 Å². The van der Waals surface area contributed by atoms with Crippen LogP contribution in [0.15, 0.2) is 5.10 Å². The van der Waals surface area contributed by atoms with Gasteiger partial charge in [-0.05, 0) is 12.8 Å². The summed E-state index contributed by atoms with van der Waals surface area (Å²) in [7, 11) is 3.76. The smallest absolute Gasteiger partial charge is 0.188 e. The molecule has 1 saturated heterocycles. The second kappa shape index (κ2) is 5.70. The molecule has 3 N–H and O–H groups in total. The molecule has 0 aromatic rings. The molecule has 0 aliphatic carbocycles. The van der Waals surface area contributed by atoms with E-state index in [-0.39, 0.29) is 24.4 Å². The van der Waals surface area contributed by atoms with Gasteiger partial charge >= 0.3 is 0 Å². The van der Waals surface area contributed by atoms with Crippen LogP contribution in [0.5, 0.6) is 0 Å². The summed E-state index contributed by atoms with van der Waals surface area (Å²) < 4.78 is 0. The van der Waals surface area contributed by atoms with Crippen molar-refractivity contribution in [2.75, 3.05) is 20.6 Å². The van der Waals surface area contributed by atoms with Gasteiger partial charge in [-0.3, -0.25) is 5.41 Å². The maximum Gasteiger partial charge on any atom is 0.188 e. The Hall–Kier alpha value is -0.970. The topological polar surface area (TPSA) is 68.7 Å². The lowest BCUT2D eigenvalue weighted by molar-refractivity contribution is 0.421. The zero-order valence-electron chi connectivity index (χ0n) is 8.60. The van der Waals surface area contributed by atoms with Crippen LogP contribution in [0, 0.1) is 5.41 Å². The minimum absolute atomic E-state index is 0. The molecular formula is C8H18ClN5. The van der Waals surface area contributed by atoms with Gasteiger partial charge in [-0.25, -0.2) is 0 Å². The predicted octanol–water partition coefficient (Wildman–Crippen LogP) is 0.313. The van der Waals surface area contributed by atoms with E-state index in [4.69, 9.17) is 11.1 Å². The zero-order valence-corrected chi connectivity index (χ0v) is 9.42. The molecule has 14 heavy (non-hydrogen) atoms. The molecule has 0 radical (unpaired) electrons. The van der Waals surface area contributed by atoms with Crippen molar-refractivity contribution in [3.63, 3.8) is 0 Å². The number of halogens is 1. The molecule has 5 nitrogen and oxygen atoms in total. The summed E-state index contributed by atoms with van der Waals surface area (Å²) in [6.07, 6.45) is 3.98. The second-order valence-corrected chi connectivity index (χ2v) is 3.40. The van der Waals surface area contributed by atoms with E-state index in [1.165, 1.54) is 0 Å². The number of hydrogen-bond donors (Lipinski definition) is 2. The molecule has 1 rings (SSSR count). The average molecular weight is 220 g/mol. The summed E-state index contributed by atoms with van der Waals surface area (Å²) in [5, 5.41) is 13.2. The first-order valence-corrected chi connectivity index (χ1v) is 4.43. The minimum atomic E-state index is 0. The third-order valence-electron chi connectivity index (χ3n) is 2.08. The Balaban J connectivity index is 0.00000169. The van der Waals surface area contributed by atoms with Gasteiger partial charge in [-0.1, -0.05) is 0 Å². The standard InChI is InChI=1S/C8H17N5.ClH/c1-12(2)11-6-7-4-3-5-13(7)8(9)10;/h6-7H,3-5H2,1-2H3,(H3,9,10);1H/b11-6+;. The third kappa shape index (κ3) is 3.41. The predicted molar refractivity (Wildman–Crippen MR) is 61.1 cm³/mol. The van der Waals surface area contributed by atoms with Gasteiger partial charge in [-0.2, -0.15) is 5.10 Å². The molecule has 0 amide bonds. The summed E-state index contributed by atoms with van der Waals surface area (Å²) in [5.41, 5.74) is 5.43. The van der Waals surface area contributed by atoms with E-state index in [0.717, 1.165) is 19.4 Å². The molecule has 0 bridgehead atoms. The number of nitrogens with two attached hydrogens (primary N) is 1. The van der Waals surface area contributed by atoms with Crippen LogP contribution in [0.4, 0.5) is 0 Å². The van der Waals surface area contributed by atoms with Crippen molar-refractivity contribution in [1.29, 1.82) is 5.41 Å². The highest BCUT2D eigenvalue weighted by Gasteiger charge is 2.23. The Kier molecular flexibility index (Phi) is 5.30. The van der Waals surface area contributed by atoms with Crippen molar-refractivity contribution in [1.82, 2.24) is 9.91 Å². The molecule has 0 saturated carbocycles. The van der Waals surface area contributed by atoms with Crippen LogP contribution in [0.1, 0.15) is 12.8 Å². The Morgan fingerprint density at radius 3 is 2.79 bits per heavy atom. The van der Waals surface area contributed by atoms with Gasteiger partial charge in [0.2, 0.25) is 0 Å². The molecule has 1 atom stereocenters. The number of rotatable bonds is 2. The van der Waals surface area contributed by atoms with E-state index >= 15 is 0 Å². The lowest BCUT2D eigenvalue weighted by Crippen LogP contribution is -2.40. The SMILES string of the molecule is CN(C)/N=C/C1CCCN1C(=N)N.Cl. The van der Waals surface area contributed by atoms with E-state index in [2.05, 4.69) is 5.10 Å². The van der Waals surface area contributed by atoms with Gasteiger partial charge in [0.25, 0.3) is 0 Å².